The molecule has 3 heterocycles. The summed E-state index contributed by atoms with van der Waals surface area (Å²) in [5.74, 6) is 0.120. The number of nitrogens with one attached hydrogen (secondary N) is 2. The van der Waals surface area contributed by atoms with Gasteiger partial charge in [-0.15, -0.1) is 0 Å². The van der Waals surface area contributed by atoms with E-state index in [1.165, 1.54) is 9.13 Å². The Bertz CT molecular complexity index is 1210. The van der Waals surface area contributed by atoms with E-state index in [1.54, 1.807) is 18.3 Å². The van der Waals surface area contributed by atoms with Crippen LogP contribution in [0.2, 0.25) is 5.28 Å². The van der Waals surface area contributed by atoms with Gasteiger partial charge in [0.05, 0.1) is 0 Å². The molecule has 0 atom stereocenters. The summed E-state index contributed by atoms with van der Waals surface area (Å²) < 4.78 is 2.76. The number of aliphatic imine (C=N–C) groups is 1. The van der Waals surface area contributed by atoms with Crippen molar-refractivity contribution in [1.29, 1.82) is 5.41 Å². The standard InChI is InChI=1S/C21H26ClN7O2/c1-3-4-12-28-18-16(26-20(22)27-18)19(30)29(21(28)31)13-8-6-9-14(2)25-17(23)15-10-5-7-11-24-15/h5,7,10-11,23H,3-4,6,8-9,12-13H2,1-2H3,(H,26,27)/b23-17?,25-14+. The molecule has 0 aliphatic carbocycles. The van der Waals surface area contributed by atoms with Crippen LogP contribution in [0.15, 0.2) is 39.0 Å². The van der Waals surface area contributed by atoms with Crippen LogP contribution in [0.25, 0.3) is 11.2 Å². The SMILES string of the molecule is CCCCn1c(=O)n(CCCC/C(C)=N/C(=N)c2ccccn2)c(=O)c2[nH]c(Cl)nc21. The molecule has 3 aromatic heterocycles. The first kappa shape index (κ1) is 22.6. The van der Waals surface area contributed by atoms with E-state index in [9.17, 15) is 9.59 Å². The van der Waals surface area contributed by atoms with Gasteiger partial charge in [0, 0.05) is 25.0 Å². The minimum Gasteiger partial charge on any atom is -0.323 e. The Morgan fingerprint density at radius 3 is 2.68 bits per heavy atom. The monoisotopic (exact) mass is 443 g/mol. The molecule has 0 saturated heterocycles. The number of imidazole rings is 1. The maximum Gasteiger partial charge on any atom is 0.332 e. The fourth-order valence-corrected chi connectivity index (χ4v) is 3.49. The van der Waals surface area contributed by atoms with Crippen molar-refractivity contribution < 1.29 is 0 Å². The minimum absolute atomic E-state index is 0.0942. The molecular formula is C21H26ClN7O2. The van der Waals surface area contributed by atoms with Crippen molar-refractivity contribution in [3.05, 3.63) is 56.2 Å². The van der Waals surface area contributed by atoms with E-state index in [2.05, 4.69) is 19.9 Å². The van der Waals surface area contributed by atoms with Gasteiger partial charge in [0.1, 0.15) is 5.69 Å². The van der Waals surface area contributed by atoms with Crippen LogP contribution in [0.4, 0.5) is 0 Å². The molecule has 0 aromatic carbocycles. The third-order valence-corrected chi connectivity index (χ3v) is 5.13. The fourth-order valence-electron chi connectivity index (χ4n) is 3.31. The summed E-state index contributed by atoms with van der Waals surface area (Å²) in [6.45, 7) is 4.67. The minimum atomic E-state index is -0.408. The molecular weight excluding hydrogens is 418 g/mol. The lowest BCUT2D eigenvalue weighted by Crippen LogP contribution is -2.40. The number of nitrogens with zero attached hydrogens (tertiary/aromatic N) is 5. The van der Waals surface area contributed by atoms with Gasteiger partial charge in [-0.25, -0.2) is 9.79 Å². The molecule has 0 aliphatic rings. The zero-order valence-corrected chi connectivity index (χ0v) is 18.4. The first-order chi connectivity index (χ1) is 14.9. The number of halogens is 1. The number of rotatable bonds is 9. The van der Waals surface area contributed by atoms with E-state index in [0.29, 0.717) is 37.3 Å². The Kier molecular flexibility index (Phi) is 7.51. The number of aromatic nitrogens is 5. The summed E-state index contributed by atoms with van der Waals surface area (Å²) >= 11 is 5.95. The number of pyridine rings is 1. The summed E-state index contributed by atoms with van der Waals surface area (Å²) in [7, 11) is 0. The predicted octanol–water partition coefficient (Wildman–Crippen LogP) is 3.39. The Labute approximate surface area is 184 Å². The van der Waals surface area contributed by atoms with Crippen molar-refractivity contribution >= 4 is 34.3 Å². The summed E-state index contributed by atoms with van der Waals surface area (Å²) in [5.41, 5.74) is 1.11. The molecule has 0 radical (unpaired) electrons. The lowest BCUT2D eigenvalue weighted by molar-refractivity contribution is 0.526. The van der Waals surface area contributed by atoms with E-state index in [-0.39, 0.29) is 22.3 Å². The number of hydrogen-bond acceptors (Lipinski definition) is 5. The second-order valence-corrected chi connectivity index (χ2v) is 7.70. The molecule has 0 spiro atoms. The highest BCUT2D eigenvalue weighted by atomic mass is 35.5. The summed E-state index contributed by atoms with van der Waals surface area (Å²) in [5, 5.41) is 8.12. The number of fused-ring (bicyclic) bond motifs is 1. The highest BCUT2D eigenvalue weighted by Crippen LogP contribution is 2.11. The van der Waals surface area contributed by atoms with Gasteiger partial charge in [-0.3, -0.25) is 24.3 Å². The molecule has 0 amide bonds. The fraction of sp³-hybridized carbons (Fsp3) is 0.429. The quantitative estimate of drug-likeness (QED) is 0.228. The van der Waals surface area contributed by atoms with Crippen LogP contribution in [0, 0.1) is 5.41 Å². The van der Waals surface area contributed by atoms with Crippen LogP contribution in [-0.2, 0) is 13.1 Å². The largest absolute Gasteiger partial charge is 0.332 e. The van der Waals surface area contributed by atoms with Crippen LogP contribution in [-0.4, -0.2) is 35.6 Å². The molecule has 0 saturated carbocycles. The summed E-state index contributed by atoms with van der Waals surface area (Å²) in [4.78, 5) is 41.0. The van der Waals surface area contributed by atoms with Crippen molar-refractivity contribution in [2.75, 3.05) is 0 Å². The maximum absolute atomic E-state index is 12.9. The normalized spacial score (nSPS) is 11.9. The van der Waals surface area contributed by atoms with E-state index in [4.69, 9.17) is 17.0 Å². The molecule has 164 valence electrons. The third-order valence-electron chi connectivity index (χ3n) is 4.95. The van der Waals surface area contributed by atoms with Gasteiger partial charge in [-0.1, -0.05) is 19.4 Å². The van der Waals surface area contributed by atoms with E-state index in [1.807, 2.05) is 19.9 Å². The van der Waals surface area contributed by atoms with Crippen molar-refractivity contribution in [2.24, 2.45) is 4.99 Å². The maximum atomic E-state index is 12.9. The van der Waals surface area contributed by atoms with Crippen molar-refractivity contribution in [1.82, 2.24) is 24.1 Å². The zero-order chi connectivity index (χ0) is 22.4. The molecule has 0 bridgehead atoms. The molecule has 2 N–H and O–H groups in total. The third kappa shape index (κ3) is 5.35. The average molecular weight is 444 g/mol. The molecule has 31 heavy (non-hydrogen) atoms. The van der Waals surface area contributed by atoms with Crippen LogP contribution in [0.5, 0.6) is 0 Å². The number of unbranched alkanes of at least 4 members (excludes halogenated alkanes) is 2. The van der Waals surface area contributed by atoms with E-state index >= 15 is 0 Å². The van der Waals surface area contributed by atoms with Gasteiger partial charge in [0.2, 0.25) is 5.28 Å². The lowest BCUT2D eigenvalue weighted by Gasteiger charge is -2.11. The van der Waals surface area contributed by atoms with Gasteiger partial charge >= 0.3 is 5.69 Å². The lowest BCUT2D eigenvalue weighted by atomic mass is 10.2. The van der Waals surface area contributed by atoms with Gasteiger partial charge in [0.15, 0.2) is 17.0 Å². The summed E-state index contributed by atoms with van der Waals surface area (Å²) in [6, 6.07) is 5.35. The molecule has 3 rings (SSSR count). The number of amidine groups is 1. The van der Waals surface area contributed by atoms with Crippen LogP contribution >= 0.6 is 11.6 Å². The Hall–Kier alpha value is -3.07. The number of aromatic amines is 1. The molecule has 0 aliphatic heterocycles. The second-order valence-electron chi connectivity index (χ2n) is 7.34. The van der Waals surface area contributed by atoms with Crippen molar-refractivity contribution in [2.45, 2.75) is 59.0 Å². The first-order valence-electron chi connectivity index (χ1n) is 10.3. The Balaban J connectivity index is 1.69. The molecule has 10 heteroatoms. The highest BCUT2D eigenvalue weighted by Gasteiger charge is 2.16. The van der Waals surface area contributed by atoms with E-state index in [0.717, 1.165) is 25.0 Å². The average Bonchev–Trinajstić information content (AvgIpc) is 3.15. The Morgan fingerprint density at radius 2 is 1.97 bits per heavy atom. The Morgan fingerprint density at radius 1 is 1.19 bits per heavy atom. The van der Waals surface area contributed by atoms with Gasteiger partial charge < -0.3 is 4.98 Å². The smallest absolute Gasteiger partial charge is 0.323 e. The van der Waals surface area contributed by atoms with Gasteiger partial charge in [0.25, 0.3) is 5.56 Å². The van der Waals surface area contributed by atoms with Crippen molar-refractivity contribution in [3.63, 3.8) is 0 Å². The van der Waals surface area contributed by atoms with Gasteiger partial charge in [-0.05, 0) is 56.3 Å². The molecule has 0 fully saturated rings. The number of hydrogen-bond donors (Lipinski definition) is 2. The second kappa shape index (κ2) is 10.3. The molecule has 3 aromatic rings. The van der Waals surface area contributed by atoms with E-state index < -0.39 is 5.56 Å². The highest BCUT2D eigenvalue weighted by molar-refractivity contribution is 6.29. The summed E-state index contributed by atoms with van der Waals surface area (Å²) in [6.07, 6.45) is 5.36. The molecule has 0 unspecified atom stereocenters. The topological polar surface area (TPSA) is 122 Å². The van der Waals surface area contributed by atoms with Gasteiger partial charge in [-0.2, -0.15) is 4.98 Å². The zero-order valence-electron chi connectivity index (χ0n) is 17.7. The number of H-pyrrole nitrogens is 1. The number of aryl methyl sites for hydroxylation is 1. The predicted molar refractivity (Wildman–Crippen MR) is 123 cm³/mol. The molecule has 9 nitrogen and oxygen atoms in total. The van der Waals surface area contributed by atoms with Crippen LogP contribution in [0.3, 0.4) is 0 Å². The van der Waals surface area contributed by atoms with Crippen LogP contribution < -0.4 is 11.2 Å². The first-order valence-corrected chi connectivity index (χ1v) is 10.7. The van der Waals surface area contributed by atoms with Crippen molar-refractivity contribution in [3.8, 4) is 0 Å². The van der Waals surface area contributed by atoms with Crippen LogP contribution in [0.1, 0.15) is 51.6 Å².